The molecule has 0 spiro atoms. The van der Waals surface area contributed by atoms with Gasteiger partial charge in [0.1, 0.15) is 0 Å². The second kappa shape index (κ2) is 4.35. The Morgan fingerprint density at radius 2 is 2.00 bits per heavy atom. The van der Waals surface area contributed by atoms with E-state index in [-0.39, 0.29) is 5.56 Å². The number of halogens is 1. The number of fused-ring (bicyclic) bond motifs is 1. The van der Waals surface area contributed by atoms with E-state index in [1.165, 1.54) is 6.33 Å². The summed E-state index contributed by atoms with van der Waals surface area (Å²) < 4.78 is 9.50. The van der Waals surface area contributed by atoms with Crippen LogP contribution in [-0.4, -0.2) is 17.1 Å². The molecule has 0 bridgehead atoms. The first kappa shape index (κ1) is 9.38. The van der Waals surface area contributed by atoms with Crippen LogP contribution in [0.25, 0.3) is 10.9 Å². The second-order valence-electron chi connectivity index (χ2n) is 2.25. The number of H-pyrrole nitrogens is 1. The van der Waals surface area contributed by atoms with E-state index in [9.17, 15) is 9.18 Å². The largest absolute Gasteiger partial charge is 0.313 e. The van der Waals surface area contributed by atoms with Crippen LogP contribution < -0.4 is 5.56 Å². The number of nitrogens with one attached hydrogen (secondary N) is 1. The Hall–Kier alpha value is -1.71. The Balaban J connectivity index is 0.000000396. The summed E-state index contributed by atoms with van der Waals surface area (Å²) in [4.78, 5) is 17.6. The maximum absolute atomic E-state index is 11.1. The van der Waals surface area contributed by atoms with Crippen molar-refractivity contribution in [3.05, 3.63) is 40.9 Å². The highest BCUT2D eigenvalue weighted by molar-refractivity contribution is 5.76. The maximum Gasteiger partial charge on any atom is 0.258 e. The molecule has 1 heterocycles. The first-order valence-corrected chi connectivity index (χ1v) is 3.68. The van der Waals surface area contributed by atoms with Gasteiger partial charge in [0.15, 0.2) is 0 Å². The molecule has 1 N–H and O–H groups in total. The normalized spacial score (nSPS) is 9.08. The first-order valence-electron chi connectivity index (χ1n) is 3.68. The molecule has 3 nitrogen and oxygen atoms in total. The zero-order chi connectivity index (χ0) is 9.68. The average molecular weight is 180 g/mol. The van der Waals surface area contributed by atoms with Crippen molar-refractivity contribution in [2.45, 2.75) is 0 Å². The van der Waals surface area contributed by atoms with Crippen molar-refractivity contribution in [3.8, 4) is 0 Å². The van der Waals surface area contributed by atoms with Crippen molar-refractivity contribution in [2.24, 2.45) is 0 Å². The Kier molecular flexibility index (Phi) is 3.14. The topological polar surface area (TPSA) is 45.8 Å². The van der Waals surface area contributed by atoms with Crippen LogP contribution in [0.5, 0.6) is 0 Å². The number of rotatable bonds is 0. The van der Waals surface area contributed by atoms with Crippen molar-refractivity contribution < 1.29 is 4.39 Å². The van der Waals surface area contributed by atoms with Crippen molar-refractivity contribution in [2.75, 3.05) is 7.18 Å². The van der Waals surface area contributed by atoms with Crippen LogP contribution in [-0.2, 0) is 0 Å². The van der Waals surface area contributed by atoms with Gasteiger partial charge in [0.2, 0.25) is 0 Å². The van der Waals surface area contributed by atoms with Crippen molar-refractivity contribution in [3.63, 3.8) is 0 Å². The van der Waals surface area contributed by atoms with E-state index in [0.29, 0.717) is 12.6 Å². The third-order valence-corrected chi connectivity index (χ3v) is 1.55. The van der Waals surface area contributed by atoms with Crippen LogP contribution in [0.15, 0.2) is 35.4 Å². The summed E-state index contributed by atoms with van der Waals surface area (Å²) in [7, 11) is 0.500. The van der Waals surface area contributed by atoms with Gasteiger partial charge in [-0.3, -0.25) is 9.18 Å². The second-order valence-corrected chi connectivity index (χ2v) is 2.25. The highest BCUT2D eigenvalue weighted by atomic mass is 19.1. The molecule has 0 atom stereocenters. The monoisotopic (exact) mass is 180 g/mol. The van der Waals surface area contributed by atoms with Crippen LogP contribution in [0.4, 0.5) is 4.39 Å². The molecule has 0 saturated carbocycles. The van der Waals surface area contributed by atoms with Crippen LogP contribution in [0, 0.1) is 0 Å². The molecule has 1 aromatic heterocycles. The Morgan fingerprint density at radius 3 is 2.69 bits per heavy atom. The fraction of sp³-hybridized carbons (Fsp3) is 0.111. The highest BCUT2D eigenvalue weighted by Gasteiger charge is 1.94. The van der Waals surface area contributed by atoms with Crippen molar-refractivity contribution in [1.29, 1.82) is 0 Å². The van der Waals surface area contributed by atoms with Crippen molar-refractivity contribution in [1.82, 2.24) is 9.97 Å². The zero-order valence-electron chi connectivity index (χ0n) is 7.12. The predicted octanol–water partition coefficient (Wildman–Crippen LogP) is 1.51. The molecule has 0 aliphatic carbocycles. The Labute approximate surface area is 74.3 Å². The van der Waals surface area contributed by atoms with Gasteiger partial charge in [0, 0.05) is 0 Å². The number of para-hydroxylation sites is 1. The van der Waals surface area contributed by atoms with Gasteiger partial charge in [-0.25, -0.2) is 4.98 Å². The van der Waals surface area contributed by atoms with Gasteiger partial charge in [-0.2, -0.15) is 0 Å². The van der Waals surface area contributed by atoms with Crippen molar-refractivity contribution >= 4 is 10.9 Å². The van der Waals surface area contributed by atoms with Crippen LogP contribution in [0.3, 0.4) is 0 Å². The number of aromatic amines is 1. The first-order chi connectivity index (χ1) is 6.38. The van der Waals surface area contributed by atoms with Crippen LogP contribution in [0.2, 0.25) is 0 Å². The lowest BCUT2D eigenvalue weighted by atomic mass is 10.2. The van der Waals surface area contributed by atoms with Gasteiger partial charge in [-0.05, 0) is 12.1 Å². The molecular formula is C9H9FN2O. The van der Waals surface area contributed by atoms with Crippen LogP contribution in [0.1, 0.15) is 0 Å². The lowest BCUT2D eigenvalue weighted by molar-refractivity contribution is 0.636. The summed E-state index contributed by atoms with van der Waals surface area (Å²) >= 11 is 0. The molecule has 4 heteroatoms. The molecule has 13 heavy (non-hydrogen) atoms. The minimum absolute atomic E-state index is 0.0874. The van der Waals surface area contributed by atoms with E-state index in [4.69, 9.17) is 0 Å². The van der Waals surface area contributed by atoms with Gasteiger partial charge in [0.25, 0.3) is 5.56 Å². The van der Waals surface area contributed by atoms with Crippen LogP contribution >= 0.6 is 0 Å². The lowest BCUT2D eigenvalue weighted by Crippen LogP contribution is -2.05. The summed E-state index contributed by atoms with van der Waals surface area (Å²) in [6, 6.07) is 7.24. The third-order valence-electron chi connectivity index (χ3n) is 1.55. The standard InChI is InChI=1S/C8H6N2O.CH3F/c11-8-6-3-1-2-4-7(6)9-5-10-8;1-2/h1-5H,(H,9,10,11);1H3. The summed E-state index contributed by atoms with van der Waals surface area (Å²) in [5.74, 6) is 0. The van der Waals surface area contributed by atoms with E-state index in [0.717, 1.165) is 5.52 Å². The fourth-order valence-electron chi connectivity index (χ4n) is 1.02. The minimum Gasteiger partial charge on any atom is -0.313 e. The summed E-state index contributed by atoms with van der Waals surface area (Å²) in [6.45, 7) is 0. The van der Waals surface area contributed by atoms with Gasteiger partial charge in [0.05, 0.1) is 24.4 Å². The number of hydrogen-bond acceptors (Lipinski definition) is 2. The molecule has 2 rings (SSSR count). The highest BCUT2D eigenvalue weighted by Crippen LogP contribution is 2.02. The van der Waals surface area contributed by atoms with Gasteiger partial charge < -0.3 is 4.98 Å². The molecule has 1 aromatic carbocycles. The molecule has 0 radical (unpaired) electrons. The van der Waals surface area contributed by atoms with E-state index in [1.807, 2.05) is 18.2 Å². The number of alkyl halides is 1. The molecule has 0 saturated heterocycles. The van der Waals surface area contributed by atoms with Gasteiger partial charge in [-0.15, -0.1) is 0 Å². The summed E-state index contributed by atoms with van der Waals surface area (Å²) in [5, 5.41) is 0.634. The molecule has 0 unspecified atom stereocenters. The lowest BCUT2D eigenvalue weighted by Gasteiger charge is -1.91. The molecule has 2 aromatic rings. The smallest absolute Gasteiger partial charge is 0.258 e. The van der Waals surface area contributed by atoms with E-state index in [1.54, 1.807) is 6.07 Å². The number of nitrogens with zero attached hydrogens (tertiary/aromatic N) is 1. The average Bonchev–Trinajstić information content (AvgIpc) is 2.22. The Morgan fingerprint density at radius 1 is 1.31 bits per heavy atom. The fourth-order valence-corrected chi connectivity index (χ4v) is 1.02. The van der Waals surface area contributed by atoms with Gasteiger partial charge in [-0.1, -0.05) is 12.1 Å². The number of benzene rings is 1. The Bertz CT molecular complexity index is 433. The molecule has 0 amide bonds. The molecule has 0 aliphatic rings. The molecule has 68 valence electrons. The molecular weight excluding hydrogens is 171 g/mol. The maximum atomic E-state index is 11.1. The quantitative estimate of drug-likeness (QED) is 0.667. The third kappa shape index (κ3) is 1.90. The predicted molar refractivity (Wildman–Crippen MR) is 49.4 cm³/mol. The minimum atomic E-state index is -0.0874. The summed E-state index contributed by atoms with van der Waals surface area (Å²) in [5.41, 5.74) is 0.645. The van der Waals surface area contributed by atoms with E-state index < -0.39 is 0 Å². The van der Waals surface area contributed by atoms with E-state index >= 15 is 0 Å². The number of aromatic nitrogens is 2. The summed E-state index contributed by atoms with van der Waals surface area (Å²) in [6.07, 6.45) is 1.41. The number of hydrogen-bond donors (Lipinski definition) is 1. The van der Waals surface area contributed by atoms with Gasteiger partial charge >= 0.3 is 0 Å². The SMILES string of the molecule is CF.O=c1[nH]cnc2ccccc12. The molecule has 0 aliphatic heterocycles. The molecule has 0 fully saturated rings. The zero-order valence-corrected chi connectivity index (χ0v) is 7.12. The van der Waals surface area contributed by atoms with E-state index in [2.05, 4.69) is 9.97 Å².